The zero-order valence-corrected chi connectivity index (χ0v) is 34.7. The van der Waals surface area contributed by atoms with Gasteiger partial charge in [0.05, 0.1) is 0 Å². The Morgan fingerprint density at radius 1 is 0.234 bits per heavy atom. The zero-order valence-electron chi connectivity index (χ0n) is 34.7. The van der Waals surface area contributed by atoms with Crippen LogP contribution in [-0.2, 0) is 0 Å². The van der Waals surface area contributed by atoms with Crippen molar-refractivity contribution >= 4 is 64.6 Å². The first-order valence-corrected chi connectivity index (χ1v) is 21.7. The number of aromatic hydroxyl groups is 3. The van der Waals surface area contributed by atoms with E-state index in [2.05, 4.69) is 109 Å². The lowest BCUT2D eigenvalue weighted by atomic mass is 9.77. The molecule has 0 amide bonds. The highest BCUT2D eigenvalue weighted by atomic mass is 16.3. The van der Waals surface area contributed by atoms with Crippen LogP contribution in [0.2, 0.25) is 0 Å². The van der Waals surface area contributed by atoms with Crippen molar-refractivity contribution in [2.75, 3.05) is 0 Å². The maximum Gasteiger partial charge on any atom is 0.128 e. The number of phenols is 3. The van der Waals surface area contributed by atoms with Crippen LogP contribution in [0.1, 0.15) is 22.6 Å². The number of rotatable bonds is 6. The highest BCUT2D eigenvalue weighted by molar-refractivity contribution is 6.12. The zero-order chi connectivity index (χ0) is 42.9. The molecule has 0 bridgehead atoms. The fourth-order valence-corrected chi connectivity index (χ4v) is 10.4. The molecule has 0 saturated heterocycles. The standard InChI is InChI=1S/C61H40O3/c62-59-52(34-40-19-4-10-28-46(40)56(59)49-31-13-22-37-16-1-7-25-43(37)49)55(53-35-41-20-5-11-29-47(41)57(60(53)63)50-32-14-23-38-17-2-8-26-44(38)50)54-36-42-21-6-12-30-48(42)58(61(54)64)51-33-15-24-39-18-3-9-27-45(39)51/h1-36,55,62-64H. The molecule has 0 spiro atoms. The molecule has 0 atom stereocenters. The number of hydrogen-bond donors (Lipinski definition) is 3. The van der Waals surface area contributed by atoms with Crippen LogP contribution in [0.3, 0.4) is 0 Å². The summed E-state index contributed by atoms with van der Waals surface area (Å²) in [6.07, 6.45) is 0. The summed E-state index contributed by atoms with van der Waals surface area (Å²) < 4.78 is 0. The van der Waals surface area contributed by atoms with Crippen LogP contribution in [0.15, 0.2) is 218 Å². The molecule has 0 unspecified atom stereocenters. The summed E-state index contributed by atoms with van der Waals surface area (Å²) in [5.74, 6) is -0.620. The molecule has 0 aliphatic heterocycles. The minimum atomic E-state index is -0.866. The van der Waals surface area contributed by atoms with Crippen molar-refractivity contribution in [3.05, 3.63) is 235 Å². The minimum Gasteiger partial charge on any atom is -0.507 e. The van der Waals surface area contributed by atoms with Crippen LogP contribution < -0.4 is 0 Å². The Kier molecular flexibility index (Phi) is 8.70. The normalized spacial score (nSPS) is 11.8. The number of fused-ring (bicyclic) bond motifs is 6. The average molecular weight is 821 g/mol. The second kappa shape index (κ2) is 14.9. The van der Waals surface area contributed by atoms with Gasteiger partial charge < -0.3 is 15.3 Å². The first-order valence-electron chi connectivity index (χ1n) is 21.7. The third-order valence-corrected chi connectivity index (χ3v) is 13.3. The van der Waals surface area contributed by atoms with Gasteiger partial charge in [0, 0.05) is 39.3 Å². The molecule has 0 radical (unpaired) electrons. The van der Waals surface area contributed by atoms with E-state index in [1.807, 2.05) is 109 Å². The summed E-state index contributed by atoms with van der Waals surface area (Å²) >= 11 is 0. The van der Waals surface area contributed by atoms with E-state index in [0.717, 1.165) is 81.3 Å². The van der Waals surface area contributed by atoms with Crippen LogP contribution in [-0.4, -0.2) is 15.3 Å². The van der Waals surface area contributed by atoms with Gasteiger partial charge in [-0.1, -0.05) is 200 Å². The Balaban J connectivity index is 1.25. The topological polar surface area (TPSA) is 60.7 Å². The van der Waals surface area contributed by atoms with Crippen LogP contribution in [0.5, 0.6) is 17.2 Å². The Morgan fingerprint density at radius 2 is 0.469 bits per heavy atom. The van der Waals surface area contributed by atoms with Crippen molar-refractivity contribution in [2.24, 2.45) is 0 Å². The van der Waals surface area contributed by atoms with Gasteiger partial charge in [0.2, 0.25) is 0 Å². The van der Waals surface area contributed by atoms with E-state index >= 15 is 0 Å². The van der Waals surface area contributed by atoms with Gasteiger partial charge >= 0.3 is 0 Å². The van der Waals surface area contributed by atoms with E-state index in [1.54, 1.807) is 0 Å². The molecule has 12 aromatic carbocycles. The Bertz CT molecular complexity index is 3430. The summed E-state index contributed by atoms with van der Waals surface area (Å²) in [5.41, 5.74) is 6.45. The highest BCUT2D eigenvalue weighted by Gasteiger charge is 2.32. The van der Waals surface area contributed by atoms with E-state index < -0.39 is 5.92 Å². The third-order valence-electron chi connectivity index (χ3n) is 13.3. The first-order chi connectivity index (χ1) is 31.5. The smallest absolute Gasteiger partial charge is 0.128 e. The van der Waals surface area contributed by atoms with Gasteiger partial charge in [0.25, 0.3) is 0 Å². The lowest BCUT2D eigenvalue weighted by Crippen LogP contribution is -2.08. The van der Waals surface area contributed by atoms with E-state index in [4.69, 9.17) is 0 Å². The Morgan fingerprint density at radius 3 is 0.766 bits per heavy atom. The molecular weight excluding hydrogens is 781 g/mol. The second-order valence-corrected chi connectivity index (χ2v) is 16.7. The maximum atomic E-state index is 13.3. The molecule has 0 aliphatic rings. The lowest BCUT2D eigenvalue weighted by molar-refractivity contribution is 0.454. The van der Waals surface area contributed by atoms with Crippen LogP contribution >= 0.6 is 0 Å². The largest absolute Gasteiger partial charge is 0.507 e. The molecule has 64 heavy (non-hydrogen) atoms. The van der Waals surface area contributed by atoms with Crippen molar-refractivity contribution in [2.45, 2.75) is 5.92 Å². The SMILES string of the molecule is Oc1c(C(c2cc3ccccc3c(-c3cccc4ccccc34)c2O)c2cc3ccccc3c(-c3cccc4ccccc34)c2O)cc2ccccc2c1-c1cccc2ccccc12. The third kappa shape index (κ3) is 5.82. The van der Waals surface area contributed by atoms with Crippen molar-refractivity contribution in [3.63, 3.8) is 0 Å². The number of hydrogen-bond acceptors (Lipinski definition) is 3. The fraction of sp³-hybridized carbons (Fsp3) is 0.0164. The summed E-state index contributed by atoms with van der Waals surface area (Å²) in [5, 5.41) is 51.6. The second-order valence-electron chi connectivity index (χ2n) is 16.7. The molecule has 0 fully saturated rings. The minimum absolute atomic E-state index is 0.0820. The van der Waals surface area contributed by atoms with Gasteiger partial charge in [0.1, 0.15) is 17.2 Å². The van der Waals surface area contributed by atoms with E-state index in [-0.39, 0.29) is 17.2 Å². The molecule has 0 saturated carbocycles. The van der Waals surface area contributed by atoms with E-state index in [1.165, 1.54) is 0 Å². The molecule has 3 N–H and O–H groups in total. The molecule has 12 rings (SSSR count). The Labute approximate surface area is 370 Å². The molecule has 0 heterocycles. The molecule has 3 heteroatoms. The van der Waals surface area contributed by atoms with E-state index in [9.17, 15) is 15.3 Å². The molecule has 0 aliphatic carbocycles. The highest BCUT2D eigenvalue weighted by Crippen LogP contribution is 2.55. The van der Waals surface area contributed by atoms with Crippen molar-refractivity contribution in [1.29, 1.82) is 0 Å². The molecule has 302 valence electrons. The van der Waals surface area contributed by atoms with Crippen LogP contribution in [0, 0.1) is 0 Å². The van der Waals surface area contributed by atoms with Crippen molar-refractivity contribution in [3.8, 4) is 50.6 Å². The first kappa shape index (κ1) is 37.4. The quantitative estimate of drug-likeness (QED) is 0.146. The molecule has 3 nitrogen and oxygen atoms in total. The van der Waals surface area contributed by atoms with Crippen molar-refractivity contribution < 1.29 is 15.3 Å². The average Bonchev–Trinajstić information content (AvgIpc) is 3.34. The molecular formula is C61H40O3. The molecule has 0 aromatic heterocycles. The van der Waals surface area contributed by atoms with Gasteiger partial charge in [0.15, 0.2) is 0 Å². The van der Waals surface area contributed by atoms with E-state index in [0.29, 0.717) is 33.4 Å². The van der Waals surface area contributed by atoms with Crippen molar-refractivity contribution in [1.82, 2.24) is 0 Å². The summed E-state index contributed by atoms with van der Waals surface area (Å²) in [7, 11) is 0. The summed E-state index contributed by atoms with van der Waals surface area (Å²) in [6, 6.07) is 73.9. The predicted octanol–water partition coefficient (Wildman–Crippen LogP) is 15.9. The van der Waals surface area contributed by atoms with Gasteiger partial charge in [-0.25, -0.2) is 0 Å². The predicted molar refractivity (Wildman–Crippen MR) is 267 cm³/mol. The lowest BCUT2D eigenvalue weighted by Gasteiger charge is -2.27. The Hall–Kier alpha value is -8.40. The van der Waals surface area contributed by atoms with Crippen LogP contribution in [0.4, 0.5) is 0 Å². The van der Waals surface area contributed by atoms with Gasteiger partial charge in [-0.05, 0) is 99.5 Å². The number of benzene rings is 12. The van der Waals surface area contributed by atoms with Gasteiger partial charge in [-0.15, -0.1) is 0 Å². The summed E-state index contributed by atoms with van der Waals surface area (Å²) in [6.45, 7) is 0. The molecule has 12 aromatic rings. The summed E-state index contributed by atoms with van der Waals surface area (Å²) in [4.78, 5) is 0. The van der Waals surface area contributed by atoms with Gasteiger partial charge in [-0.3, -0.25) is 0 Å². The monoisotopic (exact) mass is 820 g/mol. The fourth-order valence-electron chi connectivity index (χ4n) is 10.4. The van der Waals surface area contributed by atoms with Crippen LogP contribution in [0.25, 0.3) is 98.0 Å². The maximum absolute atomic E-state index is 13.3. The number of phenolic OH excluding ortho intramolecular Hbond substituents is 3. The van der Waals surface area contributed by atoms with Gasteiger partial charge in [-0.2, -0.15) is 0 Å².